The molecule has 2 atom stereocenters. The molecule has 0 aromatic carbocycles. The van der Waals surface area contributed by atoms with E-state index < -0.39 is 0 Å². The van der Waals surface area contributed by atoms with Gasteiger partial charge in [0.05, 0.1) is 0 Å². The third kappa shape index (κ3) is 1.59. The van der Waals surface area contributed by atoms with Gasteiger partial charge >= 0.3 is 0 Å². The molecule has 0 aromatic heterocycles. The summed E-state index contributed by atoms with van der Waals surface area (Å²) in [7, 11) is 0. The molecule has 1 aliphatic rings. The van der Waals surface area contributed by atoms with Crippen molar-refractivity contribution in [2.45, 2.75) is 39.5 Å². The molecule has 1 rings (SSSR count). The van der Waals surface area contributed by atoms with E-state index in [0.717, 1.165) is 31.6 Å². The third-order valence-electron chi connectivity index (χ3n) is 2.52. The molecule has 1 aliphatic carbocycles. The highest BCUT2D eigenvalue weighted by Gasteiger charge is 2.24. The van der Waals surface area contributed by atoms with Crippen LogP contribution in [0.3, 0.4) is 0 Å². The smallest absolute Gasteiger partial charge is 0.135 e. The lowest BCUT2D eigenvalue weighted by atomic mass is 9.80. The van der Waals surface area contributed by atoms with Gasteiger partial charge in [-0.1, -0.05) is 13.8 Å². The highest BCUT2D eigenvalue weighted by Crippen LogP contribution is 2.27. The Morgan fingerprint density at radius 1 is 1.60 bits per heavy atom. The SMILES string of the molecule is CC[C@H]1C[C@@H](C)CCC1=O. The Morgan fingerprint density at radius 2 is 2.30 bits per heavy atom. The summed E-state index contributed by atoms with van der Waals surface area (Å²) in [5.74, 6) is 1.67. The van der Waals surface area contributed by atoms with Crippen LogP contribution in [-0.2, 0) is 4.79 Å². The summed E-state index contributed by atoms with van der Waals surface area (Å²) in [5, 5.41) is 0. The first-order valence-electron chi connectivity index (χ1n) is 4.26. The minimum absolute atomic E-state index is 0.392. The molecular weight excluding hydrogens is 124 g/mol. The Bertz CT molecular complexity index is 129. The van der Waals surface area contributed by atoms with E-state index in [1.807, 2.05) is 0 Å². The quantitative estimate of drug-likeness (QED) is 0.546. The molecule has 0 aromatic rings. The largest absolute Gasteiger partial charge is 0.299 e. The minimum atomic E-state index is 0.392. The normalized spacial score (nSPS) is 34.4. The Labute approximate surface area is 62.8 Å². The van der Waals surface area contributed by atoms with Crippen molar-refractivity contribution in [3.8, 4) is 0 Å². The third-order valence-corrected chi connectivity index (χ3v) is 2.52. The topological polar surface area (TPSA) is 17.1 Å². The van der Waals surface area contributed by atoms with Crippen LogP contribution in [0.4, 0.5) is 0 Å². The second kappa shape index (κ2) is 3.18. The fourth-order valence-electron chi connectivity index (χ4n) is 1.72. The zero-order valence-electron chi connectivity index (χ0n) is 6.89. The maximum absolute atomic E-state index is 11.2. The number of ketones is 1. The maximum Gasteiger partial charge on any atom is 0.135 e. The molecule has 0 aliphatic heterocycles. The molecule has 58 valence electrons. The standard InChI is InChI=1S/C9H16O/c1-3-8-6-7(2)4-5-9(8)10/h7-8H,3-6H2,1-2H3/t7-,8-/m0/s1. The van der Waals surface area contributed by atoms with Crippen molar-refractivity contribution >= 4 is 5.78 Å². The average molecular weight is 140 g/mol. The van der Waals surface area contributed by atoms with Gasteiger partial charge in [0.1, 0.15) is 5.78 Å². The zero-order valence-corrected chi connectivity index (χ0v) is 6.89. The summed E-state index contributed by atoms with van der Waals surface area (Å²) in [6.45, 7) is 4.36. The first-order chi connectivity index (χ1) is 4.74. The summed E-state index contributed by atoms with van der Waals surface area (Å²) in [5.41, 5.74) is 0. The fourth-order valence-corrected chi connectivity index (χ4v) is 1.72. The molecule has 0 saturated heterocycles. The van der Waals surface area contributed by atoms with Crippen LogP contribution in [0, 0.1) is 11.8 Å². The Kier molecular flexibility index (Phi) is 2.47. The molecule has 0 N–H and O–H groups in total. The zero-order chi connectivity index (χ0) is 7.56. The molecule has 0 heterocycles. The second-order valence-electron chi connectivity index (χ2n) is 3.45. The van der Waals surface area contributed by atoms with Crippen LogP contribution in [0.1, 0.15) is 39.5 Å². The first kappa shape index (κ1) is 7.77. The van der Waals surface area contributed by atoms with E-state index in [2.05, 4.69) is 13.8 Å². The molecule has 0 spiro atoms. The van der Waals surface area contributed by atoms with Crippen LogP contribution >= 0.6 is 0 Å². The van der Waals surface area contributed by atoms with Gasteiger partial charge in [0, 0.05) is 12.3 Å². The van der Waals surface area contributed by atoms with E-state index >= 15 is 0 Å². The van der Waals surface area contributed by atoms with Gasteiger partial charge in [0.2, 0.25) is 0 Å². The lowest BCUT2D eigenvalue weighted by Gasteiger charge is -2.24. The van der Waals surface area contributed by atoms with E-state index in [1.165, 1.54) is 0 Å². The van der Waals surface area contributed by atoms with Crippen LogP contribution in [0.5, 0.6) is 0 Å². The number of rotatable bonds is 1. The van der Waals surface area contributed by atoms with Gasteiger partial charge in [-0.25, -0.2) is 0 Å². The Balaban J connectivity index is 2.45. The van der Waals surface area contributed by atoms with Gasteiger partial charge in [-0.2, -0.15) is 0 Å². The van der Waals surface area contributed by atoms with Crippen LogP contribution in [0.2, 0.25) is 0 Å². The number of Topliss-reactive ketones (excluding diaryl/α,β-unsaturated/α-hetero) is 1. The van der Waals surface area contributed by atoms with Gasteiger partial charge in [0.15, 0.2) is 0 Å². The van der Waals surface area contributed by atoms with Gasteiger partial charge in [-0.05, 0) is 25.2 Å². The number of hydrogen-bond acceptors (Lipinski definition) is 1. The van der Waals surface area contributed by atoms with E-state index in [0.29, 0.717) is 11.7 Å². The van der Waals surface area contributed by atoms with Crippen molar-refractivity contribution < 1.29 is 4.79 Å². The molecular formula is C9H16O. The van der Waals surface area contributed by atoms with Gasteiger partial charge in [0.25, 0.3) is 0 Å². The van der Waals surface area contributed by atoms with Gasteiger partial charge in [-0.15, -0.1) is 0 Å². The van der Waals surface area contributed by atoms with Gasteiger partial charge < -0.3 is 0 Å². The summed E-state index contributed by atoms with van der Waals surface area (Å²) >= 11 is 0. The average Bonchev–Trinajstić information content (AvgIpc) is 1.94. The number of carbonyl (C=O) groups is 1. The monoisotopic (exact) mass is 140 g/mol. The molecule has 1 heteroatoms. The van der Waals surface area contributed by atoms with Crippen molar-refractivity contribution in [2.24, 2.45) is 11.8 Å². The van der Waals surface area contributed by atoms with Crippen molar-refractivity contribution in [1.82, 2.24) is 0 Å². The molecule has 1 saturated carbocycles. The van der Waals surface area contributed by atoms with Gasteiger partial charge in [-0.3, -0.25) is 4.79 Å². The summed E-state index contributed by atoms with van der Waals surface area (Å²) in [4.78, 5) is 11.2. The highest BCUT2D eigenvalue weighted by atomic mass is 16.1. The van der Waals surface area contributed by atoms with Crippen molar-refractivity contribution in [3.63, 3.8) is 0 Å². The highest BCUT2D eigenvalue weighted by molar-refractivity contribution is 5.81. The molecule has 0 unspecified atom stereocenters. The second-order valence-corrected chi connectivity index (χ2v) is 3.45. The van der Waals surface area contributed by atoms with Crippen LogP contribution in [-0.4, -0.2) is 5.78 Å². The lowest BCUT2D eigenvalue weighted by Crippen LogP contribution is -2.22. The van der Waals surface area contributed by atoms with Crippen molar-refractivity contribution in [1.29, 1.82) is 0 Å². The molecule has 10 heavy (non-hydrogen) atoms. The van der Waals surface area contributed by atoms with E-state index in [-0.39, 0.29) is 0 Å². The molecule has 0 bridgehead atoms. The number of carbonyl (C=O) groups excluding carboxylic acids is 1. The first-order valence-corrected chi connectivity index (χ1v) is 4.26. The van der Waals surface area contributed by atoms with E-state index in [4.69, 9.17) is 0 Å². The van der Waals surface area contributed by atoms with Crippen LogP contribution in [0.25, 0.3) is 0 Å². The number of hydrogen-bond donors (Lipinski definition) is 0. The van der Waals surface area contributed by atoms with E-state index in [9.17, 15) is 4.79 Å². The maximum atomic E-state index is 11.2. The summed E-state index contributed by atoms with van der Waals surface area (Å²) in [6, 6.07) is 0. The fraction of sp³-hybridized carbons (Fsp3) is 0.889. The van der Waals surface area contributed by atoms with Crippen molar-refractivity contribution in [2.75, 3.05) is 0 Å². The summed E-state index contributed by atoms with van der Waals surface area (Å²) < 4.78 is 0. The van der Waals surface area contributed by atoms with E-state index in [1.54, 1.807) is 0 Å². The molecule has 1 fully saturated rings. The predicted octanol–water partition coefficient (Wildman–Crippen LogP) is 2.40. The Morgan fingerprint density at radius 3 is 2.80 bits per heavy atom. The molecule has 0 amide bonds. The predicted molar refractivity (Wildman–Crippen MR) is 41.8 cm³/mol. The van der Waals surface area contributed by atoms with Crippen molar-refractivity contribution in [3.05, 3.63) is 0 Å². The van der Waals surface area contributed by atoms with Crippen LogP contribution < -0.4 is 0 Å². The molecule has 0 radical (unpaired) electrons. The Hall–Kier alpha value is -0.330. The summed E-state index contributed by atoms with van der Waals surface area (Å²) in [6.07, 6.45) is 4.13. The lowest BCUT2D eigenvalue weighted by molar-refractivity contribution is -0.125. The minimum Gasteiger partial charge on any atom is -0.299 e. The molecule has 1 nitrogen and oxygen atoms in total. The van der Waals surface area contributed by atoms with Crippen LogP contribution in [0.15, 0.2) is 0 Å².